The van der Waals surface area contributed by atoms with E-state index in [4.69, 9.17) is 24.7 Å². The Labute approximate surface area is 112 Å². The highest BCUT2D eigenvalue weighted by Crippen LogP contribution is 2.29. The normalized spacial score (nSPS) is 10.5. The van der Waals surface area contributed by atoms with Crippen molar-refractivity contribution in [1.29, 1.82) is 0 Å². The van der Waals surface area contributed by atoms with Gasteiger partial charge in [0.1, 0.15) is 12.4 Å². The van der Waals surface area contributed by atoms with Crippen LogP contribution in [0, 0.1) is 5.82 Å². The average Bonchev–Trinajstić information content (AvgIpc) is 2.40. The van der Waals surface area contributed by atoms with E-state index in [1.807, 2.05) is 0 Å². The SMILES string of the molecule is COCCCOCCOc1cc(OC)c(F)cc1N. The minimum Gasteiger partial charge on any atom is -0.494 e. The second kappa shape index (κ2) is 8.55. The molecule has 1 aromatic carbocycles. The second-order valence-corrected chi connectivity index (χ2v) is 3.83. The number of ether oxygens (including phenoxy) is 4. The van der Waals surface area contributed by atoms with Crippen LogP contribution in [-0.2, 0) is 9.47 Å². The number of halogens is 1. The highest BCUT2D eigenvalue weighted by molar-refractivity contribution is 5.56. The van der Waals surface area contributed by atoms with Crippen LogP contribution in [0.4, 0.5) is 10.1 Å². The molecule has 0 unspecified atom stereocenters. The molecule has 0 aromatic heterocycles. The predicted molar refractivity (Wildman–Crippen MR) is 70.2 cm³/mol. The molecule has 0 aliphatic heterocycles. The molecule has 0 atom stereocenters. The van der Waals surface area contributed by atoms with E-state index in [2.05, 4.69) is 0 Å². The molecule has 0 fully saturated rings. The van der Waals surface area contributed by atoms with E-state index >= 15 is 0 Å². The lowest BCUT2D eigenvalue weighted by Gasteiger charge is -2.11. The van der Waals surface area contributed by atoms with E-state index in [0.717, 1.165) is 6.42 Å². The fourth-order valence-electron chi connectivity index (χ4n) is 1.45. The van der Waals surface area contributed by atoms with E-state index in [0.29, 0.717) is 32.2 Å². The van der Waals surface area contributed by atoms with Crippen molar-refractivity contribution >= 4 is 5.69 Å². The Morgan fingerprint density at radius 1 is 1.05 bits per heavy atom. The van der Waals surface area contributed by atoms with Gasteiger partial charge < -0.3 is 24.7 Å². The van der Waals surface area contributed by atoms with Crippen LogP contribution in [0.5, 0.6) is 11.5 Å². The van der Waals surface area contributed by atoms with Crippen molar-refractivity contribution in [1.82, 2.24) is 0 Å². The van der Waals surface area contributed by atoms with Crippen LogP contribution in [0.3, 0.4) is 0 Å². The first-order chi connectivity index (χ1) is 9.19. The minimum absolute atomic E-state index is 0.102. The fourth-order valence-corrected chi connectivity index (χ4v) is 1.45. The third-order valence-corrected chi connectivity index (χ3v) is 2.41. The van der Waals surface area contributed by atoms with E-state index in [-0.39, 0.29) is 11.4 Å². The maximum absolute atomic E-state index is 13.3. The number of hydrogen-bond acceptors (Lipinski definition) is 5. The molecule has 0 bridgehead atoms. The number of nitrogens with two attached hydrogens (primary N) is 1. The molecule has 0 radical (unpaired) electrons. The predicted octanol–water partition coefficient (Wildman–Crippen LogP) is 1.85. The Balaban J connectivity index is 2.33. The van der Waals surface area contributed by atoms with Gasteiger partial charge in [0.15, 0.2) is 11.6 Å². The van der Waals surface area contributed by atoms with Gasteiger partial charge in [-0.25, -0.2) is 4.39 Å². The van der Waals surface area contributed by atoms with E-state index in [9.17, 15) is 4.39 Å². The standard InChI is InChI=1S/C13H20FNO4/c1-16-4-3-5-18-6-7-19-13-9-12(17-2)10(14)8-11(13)15/h8-9H,3-7,15H2,1-2H3. The van der Waals surface area contributed by atoms with Gasteiger partial charge in [0, 0.05) is 32.5 Å². The molecule has 5 nitrogen and oxygen atoms in total. The molecule has 108 valence electrons. The summed E-state index contributed by atoms with van der Waals surface area (Å²) in [6, 6.07) is 2.60. The Morgan fingerprint density at radius 3 is 2.53 bits per heavy atom. The minimum atomic E-state index is -0.511. The summed E-state index contributed by atoms with van der Waals surface area (Å²) < 4.78 is 33.8. The van der Waals surface area contributed by atoms with E-state index in [1.54, 1.807) is 7.11 Å². The summed E-state index contributed by atoms with van der Waals surface area (Å²) in [5.74, 6) is -0.0212. The summed E-state index contributed by atoms with van der Waals surface area (Å²) in [5.41, 5.74) is 5.88. The van der Waals surface area contributed by atoms with Gasteiger partial charge in [-0.2, -0.15) is 0 Å². The van der Waals surface area contributed by atoms with Crippen molar-refractivity contribution in [2.45, 2.75) is 6.42 Å². The molecule has 0 saturated carbocycles. The maximum atomic E-state index is 13.3. The number of anilines is 1. The molecular weight excluding hydrogens is 253 g/mol. The first-order valence-electron chi connectivity index (χ1n) is 6.01. The van der Waals surface area contributed by atoms with Crippen molar-refractivity contribution in [3.8, 4) is 11.5 Å². The first kappa shape index (κ1) is 15.5. The summed E-state index contributed by atoms with van der Waals surface area (Å²) in [6.45, 7) is 2.05. The van der Waals surface area contributed by atoms with Crippen LogP contribution in [-0.4, -0.2) is 40.6 Å². The molecule has 0 spiro atoms. The number of rotatable bonds is 9. The van der Waals surface area contributed by atoms with Crippen molar-refractivity contribution in [3.63, 3.8) is 0 Å². The highest BCUT2D eigenvalue weighted by atomic mass is 19.1. The van der Waals surface area contributed by atoms with Gasteiger partial charge in [-0.05, 0) is 6.42 Å². The molecule has 0 aliphatic carbocycles. The second-order valence-electron chi connectivity index (χ2n) is 3.83. The van der Waals surface area contributed by atoms with Crippen LogP contribution in [0.15, 0.2) is 12.1 Å². The smallest absolute Gasteiger partial charge is 0.167 e. The lowest BCUT2D eigenvalue weighted by atomic mass is 10.2. The van der Waals surface area contributed by atoms with Gasteiger partial charge in [0.2, 0.25) is 0 Å². The number of benzene rings is 1. The van der Waals surface area contributed by atoms with Crippen molar-refractivity contribution in [2.75, 3.05) is 46.4 Å². The quantitative estimate of drug-likeness (QED) is 0.549. The molecule has 0 saturated heterocycles. The lowest BCUT2D eigenvalue weighted by Crippen LogP contribution is -2.09. The molecule has 6 heteroatoms. The number of nitrogen functional groups attached to an aromatic ring is 1. The molecule has 2 N–H and O–H groups in total. The topological polar surface area (TPSA) is 62.9 Å². The fraction of sp³-hybridized carbons (Fsp3) is 0.538. The first-order valence-corrected chi connectivity index (χ1v) is 6.01. The largest absolute Gasteiger partial charge is 0.494 e. The van der Waals surface area contributed by atoms with Crippen molar-refractivity contribution in [3.05, 3.63) is 17.9 Å². The summed E-state index contributed by atoms with van der Waals surface area (Å²) >= 11 is 0. The summed E-state index contributed by atoms with van der Waals surface area (Å²) in [6.07, 6.45) is 0.836. The summed E-state index contributed by atoms with van der Waals surface area (Å²) in [7, 11) is 3.03. The molecule has 19 heavy (non-hydrogen) atoms. The van der Waals surface area contributed by atoms with Crippen LogP contribution in [0.1, 0.15) is 6.42 Å². The Hall–Kier alpha value is -1.53. The average molecular weight is 273 g/mol. The van der Waals surface area contributed by atoms with Gasteiger partial charge in [0.25, 0.3) is 0 Å². The molecule has 0 amide bonds. The Morgan fingerprint density at radius 2 is 1.84 bits per heavy atom. The lowest BCUT2D eigenvalue weighted by molar-refractivity contribution is 0.0807. The Bertz CT molecular complexity index is 387. The maximum Gasteiger partial charge on any atom is 0.167 e. The molecule has 1 aromatic rings. The zero-order valence-corrected chi connectivity index (χ0v) is 11.3. The third kappa shape index (κ3) is 5.32. The molecule has 0 aliphatic rings. The van der Waals surface area contributed by atoms with Gasteiger partial charge in [0.05, 0.1) is 19.4 Å². The van der Waals surface area contributed by atoms with Crippen LogP contribution >= 0.6 is 0 Å². The number of hydrogen-bond donors (Lipinski definition) is 1. The van der Waals surface area contributed by atoms with Gasteiger partial charge in [-0.1, -0.05) is 0 Å². The van der Waals surface area contributed by atoms with Gasteiger partial charge >= 0.3 is 0 Å². The molecular formula is C13H20FNO4. The molecule has 1 rings (SSSR count). The highest BCUT2D eigenvalue weighted by Gasteiger charge is 2.09. The van der Waals surface area contributed by atoms with E-state index < -0.39 is 5.82 Å². The van der Waals surface area contributed by atoms with Gasteiger partial charge in [-0.15, -0.1) is 0 Å². The van der Waals surface area contributed by atoms with Crippen LogP contribution < -0.4 is 15.2 Å². The molecule has 0 heterocycles. The van der Waals surface area contributed by atoms with Crippen molar-refractivity contribution < 1.29 is 23.3 Å². The Kier molecular flexibility index (Phi) is 6.99. The number of methoxy groups -OCH3 is 2. The monoisotopic (exact) mass is 273 g/mol. The third-order valence-electron chi connectivity index (χ3n) is 2.41. The summed E-state index contributed by atoms with van der Waals surface area (Å²) in [4.78, 5) is 0. The van der Waals surface area contributed by atoms with Gasteiger partial charge in [-0.3, -0.25) is 0 Å². The van der Waals surface area contributed by atoms with Crippen LogP contribution in [0.2, 0.25) is 0 Å². The van der Waals surface area contributed by atoms with Crippen LogP contribution in [0.25, 0.3) is 0 Å². The summed E-state index contributed by atoms with van der Waals surface area (Å²) in [5, 5.41) is 0. The van der Waals surface area contributed by atoms with E-state index in [1.165, 1.54) is 19.2 Å². The van der Waals surface area contributed by atoms with Crippen molar-refractivity contribution in [2.24, 2.45) is 0 Å². The zero-order valence-electron chi connectivity index (χ0n) is 11.3. The zero-order chi connectivity index (χ0) is 14.1.